The summed E-state index contributed by atoms with van der Waals surface area (Å²) < 4.78 is 13.9. The Morgan fingerprint density at radius 1 is 0.952 bits per heavy atom. The molecule has 0 unspecified atom stereocenters. The van der Waals surface area contributed by atoms with Crippen molar-refractivity contribution in [3.05, 3.63) is 155 Å². The van der Waals surface area contributed by atoms with Gasteiger partial charge in [0.2, 0.25) is 0 Å². The van der Waals surface area contributed by atoms with E-state index in [4.69, 9.17) is 26.1 Å². The summed E-state index contributed by atoms with van der Waals surface area (Å²) >= 11 is 7.43. The van der Waals surface area contributed by atoms with Crippen LogP contribution in [0.1, 0.15) is 40.3 Å². The van der Waals surface area contributed by atoms with Gasteiger partial charge < -0.3 is 9.47 Å². The standard InChI is InChI=1S/C35H27ClN2O3S/c1-40-27-16-11-25(12-17-27)33-30-18-13-24-6-2-3-8-29(24)32(30)37-35-38(33)34(39)31(42-35)20-23-5-4-7-28(19-23)41-21-22-9-14-26(36)15-10-22/h2-12,14-17,19-20,33H,13,18,21H2,1H3/b31-20+/t33-/m1/s1. The van der Waals surface area contributed by atoms with Crippen LogP contribution in [0, 0.1) is 0 Å². The summed E-state index contributed by atoms with van der Waals surface area (Å²) in [6.07, 6.45) is 3.70. The zero-order valence-corrected chi connectivity index (χ0v) is 24.5. The molecule has 7 rings (SSSR count). The molecule has 4 aromatic carbocycles. The van der Waals surface area contributed by atoms with Crippen LogP contribution in [0.2, 0.25) is 5.02 Å². The number of aromatic nitrogens is 1. The Labute approximate surface area is 252 Å². The molecule has 0 bridgehead atoms. The maximum absolute atomic E-state index is 14.1. The quantitative estimate of drug-likeness (QED) is 0.225. The van der Waals surface area contributed by atoms with E-state index in [0.29, 0.717) is 21.0 Å². The lowest BCUT2D eigenvalue weighted by Gasteiger charge is -2.30. The summed E-state index contributed by atoms with van der Waals surface area (Å²) in [6.45, 7) is 0.428. The molecule has 1 aromatic heterocycles. The summed E-state index contributed by atoms with van der Waals surface area (Å²) in [5.41, 5.74) is 7.54. The highest BCUT2D eigenvalue weighted by Gasteiger charge is 2.32. The zero-order chi connectivity index (χ0) is 28.6. The van der Waals surface area contributed by atoms with E-state index in [-0.39, 0.29) is 11.6 Å². The summed E-state index contributed by atoms with van der Waals surface area (Å²) in [5, 5.41) is 0.696. The van der Waals surface area contributed by atoms with Crippen LogP contribution in [0.25, 0.3) is 11.8 Å². The molecule has 5 nitrogen and oxygen atoms in total. The highest BCUT2D eigenvalue weighted by Crippen LogP contribution is 2.41. The Morgan fingerprint density at radius 3 is 2.57 bits per heavy atom. The smallest absolute Gasteiger partial charge is 0.271 e. The Balaban J connectivity index is 1.30. The molecule has 1 atom stereocenters. The predicted molar refractivity (Wildman–Crippen MR) is 168 cm³/mol. The number of hydrogen-bond donors (Lipinski definition) is 0. The van der Waals surface area contributed by atoms with E-state index in [9.17, 15) is 4.79 Å². The van der Waals surface area contributed by atoms with Crippen molar-refractivity contribution in [3.8, 4) is 11.5 Å². The van der Waals surface area contributed by atoms with Crippen molar-refractivity contribution in [2.24, 2.45) is 4.99 Å². The fourth-order valence-corrected chi connectivity index (χ4v) is 6.83. The first-order chi connectivity index (χ1) is 20.6. The molecule has 0 fully saturated rings. The van der Waals surface area contributed by atoms with E-state index < -0.39 is 0 Å². The van der Waals surface area contributed by atoms with E-state index in [0.717, 1.165) is 52.3 Å². The lowest BCUT2D eigenvalue weighted by Crippen LogP contribution is -2.38. The molecule has 5 aromatic rings. The minimum atomic E-state index is -0.230. The van der Waals surface area contributed by atoms with E-state index in [2.05, 4.69) is 36.4 Å². The molecule has 2 aliphatic rings. The molecule has 0 saturated heterocycles. The van der Waals surface area contributed by atoms with Crippen LogP contribution in [0.5, 0.6) is 11.5 Å². The van der Waals surface area contributed by atoms with Crippen LogP contribution < -0.4 is 24.4 Å². The highest BCUT2D eigenvalue weighted by atomic mass is 35.5. The molecule has 0 saturated carbocycles. The van der Waals surface area contributed by atoms with Gasteiger partial charge in [0.1, 0.15) is 18.1 Å². The van der Waals surface area contributed by atoms with Gasteiger partial charge in [-0.05, 0) is 83.1 Å². The molecule has 42 heavy (non-hydrogen) atoms. The number of hydrogen-bond acceptors (Lipinski definition) is 5. The van der Waals surface area contributed by atoms with E-state index in [1.165, 1.54) is 22.5 Å². The SMILES string of the molecule is COc1ccc([C@@H]2C3=C(N=c4s/c(=C/c5cccc(OCc6ccc(Cl)cc6)c5)c(=O)n42)c2ccccc2CC3)cc1. The van der Waals surface area contributed by atoms with Crippen LogP contribution in [-0.2, 0) is 13.0 Å². The minimum Gasteiger partial charge on any atom is -0.497 e. The number of ether oxygens (including phenoxy) is 2. The van der Waals surface area contributed by atoms with Gasteiger partial charge >= 0.3 is 0 Å². The lowest BCUT2D eigenvalue weighted by atomic mass is 9.83. The molecule has 0 N–H and O–H groups in total. The number of benzene rings is 4. The molecular weight excluding hydrogens is 564 g/mol. The fraction of sp³-hybridized carbons (Fsp3) is 0.143. The number of allylic oxidation sites excluding steroid dienone is 1. The normalized spacial score (nSPS) is 15.9. The van der Waals surface area contributed by atoms with Gasteiger partial charge in [-0.1, -0.05) is 83.6 Å². The monoisotopic (exact) mass is 590 g/mol. The Kier molecular flexibility index (Phi) is 7.02. The predicted octanol–water partition coefficient (Wildman–Crippen LogP) is 6.56. The first kappa shape index (κ1) is 26.5. The van der Waals surface area contributed by atoms with Gasteiger partial charge in [0.15, 0.2) is 4.80 Å². The van der Waals surface area contributed by atoms with E-state index in [1.54, 1.807) is 7.11 Å². The maximum atomic E-state index is 14.1. The topological polar surface area (TPSA) is 52.8 Å². The third-order valence-electron chi connectivity index (χ3n) is 7.78. The van der Waals surface area contributed by atoms with E-state index >= 15 is 0 Å². The van der Waals surface area contributed by atoms with Crippen molar-refractivity contribution in [1.82, 2.24) is 4.57 Å². The molecule has 0 amide bonds. The van der Waals surface area contributed by atoms with Crippen molar-refractivity contribution in [3.63, 3.8) is 0 Å². The number of fused-ring (bicyclic) bond motifs is 3. The maximum Gasteiger partial charge on any atom is 0.271 e. The lowest BCUT2D eigenvalue weighted by molar-refractivity contribution is 0.306. The third kappa shape index (κ3) is 4.97. The fourth-order valence-electron chi connectivity index (χ4n) is 5.70. The van der Waals surface area contributed by atoms with Crippen LogP contribution in [0.3, 0.4) is 0 Å². The largest absolute Gasteiger partial charge is 0.497 e. The molecular formula is C35H27ClN2O3S. The number of rotatable bonds is 6. The second-order valence-corrected chi connectivity index (χ2v) is 11.8. The van der Waals surface area contributed by atoms with Crippen molar-refractivity contribution < 1.29 is 9.47 Å². The van der Waals surface area contributed by atoms with Gasteiger partial charge in [0, 0.05) is 10.6 Å². The van der Waals surface area contributed by atoms with Gasteiger partial charge in [0.25, 0.3) is 5.56 Å². The van der Waals surface area contributed by atoms with Gasteiger partial charge in [0.05, 0.1) is 23.4 Å². The van der Waals surface area contributed by atoms with Gasteiger partial charge in [-0.25, -0.2) is 4.99 Å². The van der Waals surface area contributed by atoms with Gasteiger partial charge in [-0.3, -0.25) is 9.36 Å². The molecule has 1 aliphatic carbocycles. The summed E-state index contributed by atoms with van der Waals surface area (Å²) in [5.74, 6) is 1.52. The molecule has 1 aliphatic heterocycles. The third-order valence-corrected chi connectivity index (χ3v) is 9.01. The molecule has 208 valence electrons. The van der Waals surface area contributed by atoms with Gasteiger partial charge in [-0.15, -0.1) is 0 Å². The van der Waals surface area contributed by atoms with Crippen LogP contribution in [-0.4, -0.2) is 11.7 Å². The number of methoxy groups -OCH3 is 1. The van der Waals surface area contributed by atoms with Gasteiger partial charge in [-0.2, -0.15) is 0 Å². The molecule has 7 heteroatoms. The van der Waals surface area contributed by atoms with Crippen LogP contribution in [0.4, 0.5) is 0 Å². The summed E-state index contributed by atoms with van der Waals surface area (Å²) in [6, 6.07) is 31.6. The zero-order valence-electron chi connectivity index (χ0n) is 22.9. The number of aryl methyl sites for hydroxylation is 1. The molecule has 2 heterocycles. The number of nitrogens with zero attached hydrogens (tertiary/aromatic N) is 2. The van der Waals surface area contributed by atoms with Crippen molar-refractivity contribution in [1.29, 1.82) is 0 Å². The van der Waals surface area contributed by atoms with Crippen molar-refractivity contribution >= 4 is 34.7 Å². The Hall–Kier alpha value is -4.39. The second-order valence-electron chi connectivity index (χ2n) is 10.4. The molecule has 0 radical (unpaired) electrons. The van der Waals surface area contributed by atoms with Crippen LogP contribution in [0.15, 0.2) is 112 Å². The van der Waals surface area contributed by atoms with Crippen LogP contribution >= 0.6 is 22.9 Å². The average molecular weight is 591 g/mol. The number of thiazole rings is 1. The van der Waals surface area contributed by atoms with Crippen molar-refractivity contribution in [2.45, 2.75) is 25.5 Å². The minimum absolute atomic E-state index is 0.0440. The Morgan fingerprint density at radius 2 is 1.76 bits per heavy atom. The van der Waals surface area contributed by atoms with E-state index in [1.807, 2.05) is 71.3 Å². The number of halogens is 1. The molecule has 0 spiro atoms. The summed E-state index contributed by atoms with van der Waals surface area (Å²) in [4.78, 5) is 19.9. The first-order valence-electron chi connectivity index (χ1n) is 13.8. The van der Waals surface area contributed by atoms with Crippen molar-refractivity contribution in [2.75, 3.05) is 7.11 Å². The highest BCUT2D eigenvalue weighted by molar-refractivity contribution is 7.07. The first-order valence-corrected chi connectivity index (χ1v) is 15.0. The Bertz CT molecular complexity index is 2010. The second kappa shape index (κ2) is 11.1. The average Bonchev–Trinajstić information content (AvgIpc) is 3.34. The summed E-state index contributed by atoms with van der Waals surface area (Å²) in [7, 11) is 1.66.